The number of phenols is 3. The lowest BCUT2D eigenvalue weighted by Gasteiger charge is -2.17. The molecule has 23 heavy (non-hydrogen) atoms. The SMILES string of the molecule is Cl.ClCCN(CCCl)CCCl.O=C(O)c1cc(O)c(O)c(O)c1. The van der Waals surface area contributed by atoms with Gasteiger partial charge in [0, 0.05) is 37.3 Å². The molecule has 0 spiro atoms. The van der Waals surface area contributed by atoms with Crippen LogP contribution in [0.15, 0.2) is 12.1 Å². The largest absolute Gasteiger partial charge is 0.504 e. The van der Waals surface area contributed by atoms with Gasteiger partial charge in [-0.05, 0) is 12.1 Å². The second-order valence-electron chi connectivity index (χ2n) is 4.08. The van der Waals surface area contributed by atoms with Crippen molar-refractivity contribution >= 4 is 53.2 Å². The highest BCUT2D eigenvalue weighted by atomic mass is 35.5. The van der Waals surface area contributed by atoms with Crippen LogP contribution in [0, 0.1) is 0 Å². The molecule has 4 N–H and O–H groups in total. The normalized spacial score (nSPS) is 9.74. The lowest BCUT2D eigenvalue weighted by atomic mass is 10.2. The molecule has 10 heteroatoms. The minimum atomic E-state index is -1.29. The molecule has 1 rings (SSSR count). The number of hydrogen-bond donors (Lipinski definition) is 4. The van der Waals surface area contributed by atoms with Crippen molar-refractivity contribution < 1.29 is 25.2 Å². The maximum Gasteiger partial charge on any atom is 0.335 e. The first-order chi connectivity index (χ1) is 10.4. The minimum Gasteiger partial charge on any atom is -0.504 e. The van der Waals surface area contributed by atoms with Gasteiger partial charge in [0.25, 0.3) is 0 Å². The van der Waals surface area contributed by atoms with Crippen molar-refractivity contribution in [2.75, 3.05) is 37.3 Å². The van der Waals surface area contributed by atoms with Crippen LogP contribution in [0.25, 0.3) is 0 Å². The van der Waals surface area contributed by atoms with E-state index in [-0.39, 0.29) is 18.0 Å². The first-order valence-corrected chi connectivity index (χ1v) is 7.86. The molecule has 0 heterocycles. The molecule has 0 amide bonds. The molecule has 0 atom stereocenters. The number of alkyl halides is 3. The van der Waals surface area contributed by atoms with Crippen LogP contribution in [-0.2, 0) is 0 Å². The number of benzene rings is 1. The Morgan fingerprint density at radius 3 is 1.52 bits per heavy atom. The minimum absolute atomic E-state index is 0. The third-order valence-electron chi connectivity index (χ3n) is 2.52. The zero-order valence-corrected chi connectivity index (χ0v) is 15.2. The number of carboxylic acid groups (broad SMARTS) is 1. The van der Waals surface area contributed by atoms with E-state index in [1.165, 1.54) is 0 Å². The van der Waals surface area contributed by atoms with E-state index in [4.69, 9.17) is 55.2 Å². The monoisotopic (exact) mass is 409 g/mol. The number of carboxylic acids is 1. The van der Waals surface area contributed by atoms with Gasteiger partial charge in [0.1, 0.15) is 0 Å². The highest BCUT2D eigenvalue weighted by molar-refractivity contribution is 6.18. The third kappa shape index (κ3) is 9.84. The van der Waals surface area contributed by atoms with Gasteiger partial charge in [-0.25, -0.2) is 4.79 Å². The molecule has 0 saturated carbocycles. The van der Waals surface area contributed by atoms with E-state index in [1.54, 1.807) is 0 Å². The maximum atomic E-state index is 10.3. The van der Waals surface area contributed by atoms with Crippen LogP contribution in [0.5, 0.6) is 17.2 Å². The van der Waals surface area contributed by atoms with Gasteiger partial charge in [0.05, 0.1) is 5.56 Å². The summed E-state index contributed by atoms with van der Waals surface area (Å²) in [6.45, 7) is 2.63. The molecule has 0 saturated heterocycles. The van der Waals surface area contributed by atoms with Crippen LogP contribution < -0.4 is 0 Å². The van der Waals surface area contributed by atoms with E-state index < -0.39 is 23.2 Å². The van der Waals surface area contributed by atoms with Crippen LogP contribution in [0.2, 0.25) is 0 Å². The van der Waals surface area contributed by atoms with Gasteiger partial charge in [-0.15, -0.1) is 47.2 Å². The Balaban J connectivity index is 0. The molecule has 0 radical (unpaired) electrons. The zero-order chi connectivity index (χ0) is 17.1. The second-order valence-corrected chi connectivity index (χ2v) is 5.21. The fraction of sp³-hybridized carbons (Fsp3) is 0.462. The summed E-state index contributed by atoms with van der Waals surface area (Å²) < 4.78 is 0. The first kappa shape index (κ1) is 24.5. The smallest absolute Gasteiger partial charge is 0.335 e. The third-order valence-corrected chi connectivity index (χ3v) is 3.03. The first-order valence-electron chi connectivity index (χ1n) is 6.25. The Hall–Kier alpha value is -0.790. The predicted octanol–water partition coefficient (Wildman–Crippen LogP) is 2.93. The van der Waals surface area contributed by atoms with Crippen LogP contribution in [0.3, 0.4) is 0 Å². The molecule has 0 fully saturated rings. The van der Waals surface area contributed by atoms with E-state index in [0.717, 1.165) is 31.8 Å². The van der Waals surface area contributed by atoms with Gasteiger partial charge < -0.3 is 20.4 Å². The van der Waals surface area contributed by atoms with Crippen LogP contribution in [-0.4, -0.2) is 68.6 Å². The van der Waals surface area contributed by atoms with Crippen LogP contribution in [0.1, 0.15) is 10.4 Å². The fourth-order valence-electron chi connectivity index (χ4n) is 1.42. The van der Waals surface area contributed by atoms with Gasteiger partial charge >= 0.3 is 5.97 Å². The standard InChI is InChI=1S/C7H6O5.C6H12Cl3N.ClH/c8-4-1-3(7(11)12)2-5(9)6(4)10;7-1-4-10(5-2-8)6-3-9;/h1-2,8-10H,(H,11,12);1-6H2;1H. The Bertz CT molecular complexity index is 438. The molecule has 0 unspecified atom stereocenters. The van der Waals surface area contributed by atoms with Gasteiger partial charge in [-0.2, -0.15) is 0 Å². The van der Waals surface area contributed by atoms with Crippen molar-refractivity contribution in [3.05, 3.63) is 17.7 Å². The number of rotatable bonds is 7. The number of aromatic hydroxyl groups is 3. The topological polar surface area (TPSA) is 101 Å². The van der Waals surface area contributed by atoms with E-state index in [9.17, 15) is 4.79 Å². The summed E-state index contributed by atoms with van der Waals surface area (Å²) in [4.78, 5) is 12.5. The summed E-state index contributed by atoms with van der Waals surface area (Å²) in [5.74, 6) is -1.39. The summed E-state index contributed by atoms with van der Waals surface area (Å²) in [6, 6.07) is 1.69. The lowest BCUT2D eigenvalue weighted by Crippen LogP contribution is -2.29. The molecule has 0 aromatic heterocycles. The average Bonchev–Trinajstić information content (AvgIpc) is 2.45. The highest BCUT2D eigenvalue weighted by Crippen LogP contribution is 2.35. The number of nitrogens with zero attached hydrogens (tertiary/aromatic N) is 1. The van der Waals surface area contributed by atoms with Crippen molar-refractivity contribution in [1.29, 1.82) is 0 Å². The number of halogens is 4. The molecule has 1 aromatic rings. The molecular weight excluding hydrogens is 392 g/mol. The van der Waals surface area contributed by atoms with Crippen molar-refractivity contribution in [3.8, 4) is 17.2 Å². The molecule has 0 aliphatic heterocycles. The lowest BCUT2D eigenvalue weighted by molar-refractivity contribution is 0.0696. The summed E-state index contributed by atoms with van der Waals surface area (Å²) >= 11 is 16.6. The number of hydrogen-bond acceptors (Lipinski definition) is 5. The molecule has 0 aliphatic carbocycles. The number of phenolic OH excluding ortho intramolecular Hbond substituents is 3. The second kappa shape index (κ2) is 13.6. The average molecular weight is 411 g/mol. The van der Waals surface area contributed by atoms with Crippen molar-refractivity contribution in [1.82, 2.24) is 4.90 Å². The Morgan fingerprint density at radius 1 is 0.913 bits per heavy atom. The fourth-order valence-corrected chi connectivity index (χ4v) is 2.14. The highest BCUT2D eigenvalue weighted by Gasteiger charge is 2.11. The summed E-state index contributed by atoms with van der Waals surface area (Å²) in [5, 5.41) is 35.0. The molecule has 0 bridgehead atoms. The van der Waals surface area contributed by atoms with E-state index in [2.05, 4.69) is 4.90 Å². The van der Waals surface area contributed by atoms with Crippen molar-refractivity contribution in [2.24, 2.45) is 0 Å². The Kier molecular flexibility index (Phi) is 14.5. The molecular formula is C13H19Cl4NO5. The molecule has 6 nitrogen and oxygen atoms in total. The summed E-state index contributed by atoms with van der Waals surface area (Å²) in [6.07, 6.45) is 0. The Morgan fingerprint density at radius 2 is 1.26 bits per heavy atom. The summed E-state index contributed by atoms with van der Waals surface area (Å²) in [7, 11) is 0. The molecule has 134 valence electrons. The molecule has 1 aromatic carbocycles. The molecule has 0 aliphatic rings. The number of aromatic carboxylic acids is 1. The maximum absolute atomic E-state index is 10.3. The van der Waals surface area contributed by atoms with E-state index in [1.807, 2.05) is 0 Å². The van der Waals surface area contributed by atoms with Crippen LogP contribution in [0.4, 0.5) is 0 Å². The predicted molar refractivity (Wildman–Crippen MR) is 94.2 cm³/mol. The van der Waals surface area contributed by atoms with Crippen molar-refractivity contribution in [2.45, 2.75) is 0 Å². The zero-order valence-electron chi connectivity index (χ0n) is 12.1. The van der Waals surface area contributed by atoms with Gasteiger partial charge in [0.2, 0.25) is 0 Å². The quantitative estimate of drug-likeness (QED) is 0.407. The van der Waals surface area contributed by atoms with Crippen molar-refractivity contribution in [3.63, 3.8) is 0 Å². The number of carbonyl (C=O) groups is 1. The van der Waals surface area contributed by atoms with Gasteiger partial charge in [-0.3, -0.25) is 4.90 Å². The van der Waals surface area contributed by atoms with Gasteiger partial charge in [0.15, 0.2) is 17.2 Å². The summed E-state index contributed by atoms with van der Waals surface area (Å²) in [5.41, 5.74) is -0.289. The van der Waals surface area contributed by atoms with Gasteiger partial charge in [-0.1, -0.05) is 0 Å². The van der Waals surface area contributed by atoms with E-state index in [0.29, 0.717) is 17.6 Å². The van der Waals surface area contributed by atoms with E-state index >= 15 is 0 Å². The van der Waals surface area contributed by atoms with Crippen LogP contribution >= 0.6 is 47.2 Å². The Labute approximate surface area is 155 Å².